The number of benzene rings is 1. The summed E-state index contributed by atoms with van der Waals surface area (Å²) in [5.74, 6) is 2.33. The summed E-state index contributed by atoms with van der Waals surface area (Å²) < 4.78 is 10.6. The fourth-order valence-electron chi connectivity index (χ4n) is 1.81. The zero-order valence-corrected chi connectivity index (χ0v) is 12.7. The van der Waals surface area contributed by atoms with Crippen LogP contribution >= 0.6 is 11.8 Å². The molecule has 0 amide bonds. The normalized spacial score (nSPS) is 10.3. The minimum absolute atomic E-state index is 0.677. The van der Waals surface area contributed by atoms with E-state index < -0.39 is 0 Å². The summed E-state index contributed by atoms with van der Waals surface area (Å²) in [5.41, 5.74) is 8.68. The average Bonchev–Trinajstić information content (AvgIpc) is 2.47. The van der Waals surface area contributed by atoms with Gasteiger partial charge in [0.1, 0.15) is 0 Å². The highest BCUT2D eigenvalue weighted by Gasteiger charge is 2.09. The van der Waals surface area contributed by atoms with Crippen LogP contribution in [-0.4, -0.2) is 19.2 Å². The molecule has 2 aromatic rings. The molecule has 5 heteroatoms. The van der Waals surface area contributed by atoms with Gasteiger partial charge in [-0.3, -0.25) is 0 Å². The van der Waals surface area contributed by atoms with Crippen LogP contribution in [0.1, 0.15) is 11.1 Å². The minimum Gasteiger partial charge on any atom is -0.493 e. The molecule has 0 radical (unpaired) electrons. The maximum absolute atomic E-state index is 5.63. The third-order valence-electron chi connectivity index (χ3n) is 2.98. The topological polar surface area (TPSA) is 57.4 Å². The molecule has 2 rings (SSSR count). The minimum atomic E-state index is 0.677. The predicted molar refractivity (Wildman–Crippen MR) is 82.5 cm³/mol. The average molecular weight is 290 g/mol. The predicted octanol–water partition coefficient (Wildman–Crippen LogP) is 3.28. The molecule has 0 aliphatic carbocycles. The molecule has 0 saturated heterocycles. The number of thioether (sulfide) groups is 1. The monoisotopic (exact) mass is 290 g/mol. The second kappa shape index (κ2) is 6.52. The smallest absolute Gasteiger partial charge is 0.161 e. The molecule has 20 heavy (non-hydrogen) atoms. The number of rotatable bonds is 5. The van der Waals surface area contributed by atoms with E-state index in [0.717, 1.165) is 22.3 Å². The lowest BCUT2D eigenvalue weighted by Crippen LogP contribution is -1.95. The van der Waals surface area contributed by atoms with Crippen molar-refractivity contribution >= 4 is 17.4 Å². The van der Waals surface area contributed by atoms with Crippen molar-refractivity contribution in [3.63, 3.8) is 0 Å². The number of hydrogen-bond donors (Lipinski definition) is 1. The number of hydrogen-bond acceptors (Lipinski definition) is 5. The third kappa shape index (κ3) is 3.36. The molecule has 0 fully saturated rings. The Hall–Kier alpha value is -1.88. The van der Waals surface area contributed by atoms with E-state index in [-0.39, 0.29) is 0 Å². The highest BCUT2D eigenvalue weighted by Crippen LogP contribution is 2.33. The zero-order chi connectivity index (χ0) is 14.5. The quantitative estimate of drug-likeness (QED) is 0.856. The first-order valence-corrected chi connectivity index (χ1v) is 7.18. The molecule has 0 aliphatic heterocycles. The van der Waals surface area contributed by atoms with E-state index in [1.807, 2.05) is 24.3 Å². The highest BCUT2D eigenvalue weighted by molar-refractivity contribution is 7.98. The molecule has 106 valence electrons. The van der Waals surface area contributed by atoms with Gasteiger partial charge in [-0.05, 0) is 42.3 Å². The molecule has 1 aromatic heterocycles. The molecule has 0 spiro atoms. The number of nitrogens with two attached hydrogens (primary N) is 1. The van der Waals surface area contributed by atoms with E-state index in [1.54, 1.807) is 32.2 Å². The zero-order valence-electron chi connectivity index (χ0n) is 11.8. The van der Waals surface area contributed by atoms with Gasteiger partial charge >= 0.3 is 0 Å². The Kier molecular flexibility index (Phi) is 4.74. The summed E-state index contributed by atoms with van der Waals surface area (Å²) in [6.07, 6.45) is 1.67. The Morgan fingerprint density at radius 1 is 1.15 bits per heavy atom. The van der Waals surface area contributed by atoms with Gasteiger partial charge in [-0.25, -0.2) is 4.98 Å². The molecular formula is C15H18N2O2S. The SMILES string of the molecule is COc1cc(C)c(CSc2ccc(N)cn2)cc1OC. The Bertz CT molecular complexity index is 585. The lowest BCUT2D eigenvalue weighted by molar-refractivity contribution is 0.354. The van der Waals surface area contributed by atoms with Crippen LogP contribution in [0.4, 0.5) is 5.69 Å². The van der Waals surface area contributed by atoms with Crippen LogP contribution in [-0.2, 0) is 5.75 Å². The molecule has 0 unspecified atom stereocenters. The number of nitrogens with zero attached hydrogens (tertiary/aromatic N) is 1. The first kappa shape index (κ1) is 14.5. The molecule has 1 aromatic carbocycles. The van der Waals surface area contributed by atoms with Crippen molar-refractivity contribution in [1.82, 2.24) is 4.98 Å². The summed E-state index contributed by atoms with van der Waals surface area (Å²) in [6.45, 7) is 2.06. The fraction of sp³-hybridized carbons (Fsp3) is 0.267. The van der Waals surface area contributed by atoms with Gasteiger partial charge in [0.15, 0.2) is 11.5 Å². The van der Waals surface area contributed by atoms with Crippen molar-refractivity contribution in [3.8, 4) is 11.5 Å². The van der Waals surface area contributed by atoms with E-state index in [4.69, 9.17) is 15.2 Å². The maximum Gasteiger partial charge on any atom is 0.161 e. The van der Waals surface area contributed by atoms with Crippen molar-refractivity contribution in [2.45, 2.75) is 17.7 Å². The van der Waals surface area contributed by atoms with Crippen molar-refractivity contribution in [2.75, 3.05) is 20.0 Å². The van der Waals surface area contributed by atoms with Crippen molar-refractivity contribution < 1.29 is 9.47 Å². The van der Waals surface area contributed by atoms with Crippen LogP contribution in [0.3, 0.4) is 0 Å². The number of pyridine rings is 1. The van der Waals surface area contributed by atoms with Gasteiger partial charge in [-0.15, -0.1) is 11.8 Å². The van der Waals surface area contributed by atoms with E-state index in [1.165, 1.54) is 11.1 Å². The van der Waals surface area contributed by atoms with E-state index in [0.29, 0.717) is 5.69 Å². The largest absolute Gasteiger partial charge is 0.493 e. The van der Waals surface area contributed by atoms with E-state index in [9.17, 15) is 0 Å². The number of aromatic nitrogens is 1. The summed E-state index contributed by atoms with van der Waals surface area (Å²) in [6, 6.07) is 7.79. The van der Waals surface area contributed by atoms with E-state index in [2.05, 4.69) is 11.9 Å². The summed E-state index contributed by atoms with van der Waals surface area (Å²) >= 11 is 1.67. The lowest BCUT2D eigenvalue weighted by atomic mass is 10.1. The van der Waals surface area contributed by atoms with Gasteiger partial charge in [0, 0.05) is 5.75 Å². The highest BCUT2D eigenvalue weighted by atomic mass is 32.2. The number of ether oxygens (including phenoxy) is 2. The molecule has 1 heterocycles. The molecule has 0 atom stereocenters. The van der Waals surface area contributed by atoms with Gasteiger partial charge < -0.3 is 15.2 Å². The second-order valence-electron chi connectivity index (χ2n) is 4.35. The van der Waals surface area contributed by atoms with Crippen LogP contribution in [0.5, 0.6) is 11.5 Å². The third-order valence-corrected chi connectivity index (χ3v) is 3.97. The van der Waals surface area contributed by atoms with Crippen molar-refractivity contribution in [1.29, 1.82) is 0 Å². The number of methoxy groups -OCH3 is 2. The Morgan fingerprint density at radius 2 is 1.85 bits per heavy atom. The number of aryl methyl sites for hydroxylation is 1. The van der Waals surface area contributed by atoms with Gasteiger partial charge in [-0.2, -0.15) is 0 Å². The summed E-state index contributed by atoms with van der Waals surface area (Å²) in [4.78, 5) is 4.28. The van der Waals surface area contributed by atoms with Gasteiger partial charge in [0.2, 0.25) is 0 Å². The molecule has 0 aliphatic rings. The Balaban J connectivity index is 2.14. The Morgan fingerprint density at radius 3 is 2.45 bits per heavy atom. The first-order chi connectivity index (χ1) is 9.63. The fourth-order valence-corrected chi connectivity index (χ4v) is 2.71. The summed E-state index contributed by atoms with van der Waals surface area (Å²) in [7, 11) is 3.29. The van der Waals surface area contributed by atoms with Crippen molar-refractivity contribution in [2.24, 2.45) is 0 Å². The van der Waals surface area contributed by atoms with E-state index >= 15 is 0 Å². The van der Waals surface area contributed by atoms with Gasteiger partial charge in [-0.1, -0.05) is 0 Å². The second-order valence-corrected chi connectivity index (χ2v) is 5.35. The van der Waals surface area contributed by atoms with Crippen LogP contribution in [0.15, 0.2) is 35.5 Å². The molecular weight excluding hydrogens is 272 g/mol. The maximum atomic E-state index is 5.63. The van der Waals surface area contributed by atoms with Crippen LogP contribution in [0.25, 0.3) is 0 Å². The molecule has 2 N–H and O–H groups in total. The van der Waals surface area contributed by atoms with Gasteiger partial charge in [0.25, 0.3) is 0 Å². The standard InChI is InChI=1S/C15H18N2O2S/c1-10-6-13(18-2)14(19-3)7-11(10)9-20-15-5-4-12(16)8-17-15/h4-8H,9,16H2,1-3H3. The lowest BCUT2D eigenvalue weighted by Gasteiger charge is -2.12. The first-order valence-electron chi connectivity index (χ1n) is 6.20. The van der Waals surface area contributed by atoms with Crippen molar-refractivity contribution in [3.05, 3.63) is 41.6 Å². The summed E-state index contributed by atoms with van der Waals surface area (Å²) in [5, 5.41) is 0.952. The molecule has 4 nitrogen and oxygen atoms in total. The van der Waals surface area contributed by atoms with Crippen LogP contribution < -0.4 is 15.2 Å². The number of nitrogen functional groups attached to an aromatic ring is 1. The molecule has 0 bridgehead atoms. The van der Waals surface area contributed by atoms with Gasteiger partial charge in [0.05, 0.1) is 31.1 Å². The molecule has 0 saturated carbocycles. The van der Waals surface area contributed by atoms with Crippen LogP contribution in [0, 0.1) is 6.92 Å². The van der Waals surface area contributed by atoms with Crippen LogP contribution in [0.2, 0.25) is 0 Å². The number of anilines is 1. The Labute approximate surface area is 123 Å².